The first-order chi connectivity index (χ1) is 16.0. The molecule has 182 valence electrons. The molecule has 1 fully saturated rings. The van der Waals surface area contributed by atoms with Gasteiger partial charge in [0.1, 0.15) is 0 Å². The topological polar surface area (TPSA) is 86.8 Å². The predicted molar refractivity (Wildman–Crippen MR) is 119 cm³/mol. The van der Waals surface area contributed by atoms with Crippen LogP contribution in [0.5, 0.6) is 0 Å². The summed E-state index contributed by atoms with van der Waals surface area (Å²) in [6, 6.07) is 8.83. The van der Waals surface area contributed by atoms with Crippen molar-refractivity contribution in [1.82, 2.24) is 9.62 Å². The molecule has 2 aliphatic heterocycles. The zero-order valence-electron chi connectivity index (χ0n) is 18.4. The number of rotatable bonds is 4. The number of alkyl halides is 3. The fourth-order valence-electron chi connectivity index (χ4n) is 4.43. The van der Waals surface area contributed by atoms with Crippen LogP contribution < -0.4 is 9.62 Å². The van der Waals surface area contributed by atoms with Crippen molar-refractivity contribution in [3.05, 3.63) is 59.2 Å². The fourth-order valence-corrected chi connectivity index (χ4v) is 5.21. The van der Waals surface area contributed by atoms with Gasteiger partial charge in [0.2, 0.25) is 15.9 Å². The standard InChI is InChI=1S/C23H24F3N3O4S/c1-27-34(32,33)19-6-7-20-17(14-19)10-13-29(20)22(31)16-8-11-28(12-9-16)21(30)15-2-4-18(5-3-15)23(24,25)26/h2-7,14,16,27H,8-13H2,1H3. The van der Waals surface area contributed by atoms with Gasteiger partial charge < -0.3 is 9.80 Å². The Labute approximate surface area is 195 Å². The van der Waals surface area contributed by atoms with Gasteiger partial charge in [-0.3, -0.25) is 9.59 Å². The molecule has 7 nitrogen and oxygen atoms in total. The number of halogens is 3. The van der Waals surface area contributed by atoms with E-state index < -0.39 is 21.8 Å². The Kier molecular flexibility index (Phi) is 6.43. The van der Waals surface area contributed by atoms with Crippen LogP contribution in [0.4, 0.5) is 18.9 Å². The summed E-state index contributed by atoms with van der Waals surface area (Å²) in [7, 11) is -2.23. The molecule has 34 heavy (non-hydrogen) atoms. The van der Waals surface area contributed by atoms with Crippen molar-refractivity contribution >= 4 is 27.5 Å². The highest BCUT2D eigenvalue weighted by Crippen LogP contribution is 2.33. The number of carbonyl (C=O) groups is 2. The van der Waals surface area contributed by atoms with E-state index in [0.29, 0.717) is 44.6 Å². The van der Waals surface area contributed by atoms with Gasteiger partial charge in [-0.15, -0.1) is 0 Å². The first-order valence-corrected chi connectivity index (χ1v) is 12.3. The van der Waals surface area contributed by atoms with E-state index in [4.69, 9.17) is 0 Å². The molecular formula is C23H24F3N3O4S. The summed E-state index contributed by atoms with van der Waals surface area (Å²) in [5.74, 6) is -0.711. The number of nitrogens with one attached hydrogen (secondary N) is 1. The Bertz CT molecular complexity index is 1200. The molecule has 0 aromatic heterocycles. The summed E-state index contributed by atoms with van der Waals surface area (Å²) in [5, 5.41) is 0. The lowest BCUT2D eigenvalue weighted by Gasteiger charge is -2.33. The van der Waals surface area contributed by atoms with Crippen LogP contribution in [0.15, 0.2) is 47.4 Å². The van der Waals surface area contributed by atoms with Crippen molar-refractivity contribution in [3.63, 3.8) is 0 Å². The van der Waals surface area contributed by atoms with Crippen LogP contribution in [-0.2, 0) is 27.4 Å². The largest absolute Gasteiger partial charge is 0.416 e. The first kappa shape index (κ1) is 24.2. The number of anilines is 1. The minimum Gasteiger partial charge on any atom is -0.339 e. The number of sulfonamides is 1. The minimum atomic E-state index is -4.46. The van der Waals surface area contributed by atoms with Crippen LogP contribution in [-0.4, -0.2) is 51.8 Å². The molecule has 2 aromatic carbocycles. The average molecular weight is 496 g/mol. The van der Waals surface area contributed by atoms with Crippen LogP contribution in [0.3, 0.4) is 0 Å². The zero-order valence-corrected chi connectivity index (χ0v) is 19.2. The third-order valence-electron chi connectivity index (χ3n) is 6.38. The highest BCUT2D eigenvalue weighted by molar-refractivity contribution is 7.89. The zero-order chi connectivity index (χ0) is 24.7. The maximum atomic E-state index is 13.2. The Balaban J connectivity index is 1.39. The summed E-state index contributed by atoms with van der Waals surface area (Å²) < 4.78 is 64.6. The quantitative estimate of drug-likeness (QED) is 0.707. The Morgan fingerprint density at radius 2 is 1.65 bits per heavy atom. The molecule has 1 saturated heterocycles. The van der Waals surface area contributed by atoms with Gasteiger partial charge >= 0.3 is 6.18 Å². The van der Waals surface area contributed by atoms with E-state index in [1.807, 2.05) is 0 Å². The number of benzene rings is 2. The summed E-state index contributed by atoms with van der Waals surface area (Å²) in [4.78, 5) is 29.2. The second-order valence-corrected chi connectivity index (χ2v) is 10.3. The van der Waals surface area contributed by atoms with Gasteiger partial charge in [-0.1, -0.05) is 0 Å². The molecule has 0 aliphatic carbocycles. The lowest BCUT2D eigenvalue weighted by molar-refractivity contribution is -0.137. The lowest BCUT2D eigenvalue weighted by Crippen LogP contribution is -2.44. The van der Waals surface area contributed by atoms with Crippen molar-refractivity contribution in [2.75, 3.05) is 31.6 Å². The second kappa shape index (κ2) is 9.03. The third-order valence-corrected chi connectivity index (χ3v) is 7.79. The summed E-state index contributed by atoms with van der Waals surface area (Å²) in [6.07, 6.45) is -3.01. The Hall–Kier alpha value is -2.92. The Morgan fingerprint density at radius 3 is 2.24 bits per heavy atom. The summed E-state index contributed by atoms with van der Waals surface area (Å²) in [5.41, 5.74) is 0.858. The van der Waals surface area contributed by atoms with Gasteiger partial charge in [0, 0.05) is 36.8 Å². The van der Waals surface area contributed by atoms with E-state index in [-0.39, 0.29) is 28.2 Å². The van der Waals surface area contributed by atoms with Crippen molar-refractivity contribution < 1.29 is 31.2 Å². The smallest absolute Gasteiger partial charge is 0.339 e. The molecule has 2 aliphatic rings. The molecular weight excluding hydrogens is 471 g/mol. The molecule has 2 amide bonds. The number of likely N-dealkylation sites (tertiary alicyclic amines) is 1. The van der Waals surface area contributed by atoms with Crippen molar-refractivity contribution in [3.8, 4) is 0 Å². The predicted octanol–water partition coefficient (Wildman–Crippen LogP) is 3.06. The van der Waals surface area contributed by atoms with E-state index in [1.54, 1.807) is 21.9 Å². The van der Waals surface area contributed by atoms with E-state index in [9.17, 15) is 31.2 Å². The van der Waals surface area contributed by atoms with E-state index >= 15 is 0 Å². The van der Waals surface area contributed by atoms with Gasteiger partial charge in [0.05, 0.1) is 10.5 Å². The van der Waals surface area contributed by atoms with Crippen molar-refractivity contribution in [2.24, 2.45) is 5.92 Å². The van der Waals surface area contributed by atoms with Gasteiger partial charge in [-0.2, -0.15) is 13.2 Å². The number of amides is 2. The highest BCUT2D eigenvalue weighted by Gasteiger charge is 2.35. The molecule has 2 heterocycles. The lowest BCUT2D eigenvalue weighted by atomic mass is 9.94. The number of hydrogen-bond acceptors (Lipinski definition) is 4. The SMILES string of the molecule is CNS(=O)(=O)c1ccc2c(c1)CCN2C(=O)C1CCN(C(=O)c2ccc(C(F)(F)F)cc2)CC1. The number of nitrogens with zero attached hydrogens (tertiary/aromatic N) is 2. The van der Waals surface area contributed by atoms with Crippen LogP contribution in [0.1, 0.15) is 34.3 Å². The van der Waals surface area contributed by atoms with E-state index in [1.165, 1.54) is 25.2 Å². The molecule has 0 unspecified atom stereocenters. The normalized spacial score (nSPS) is 17.1. The molecule has 0 atom stereocenters. The molecule has 0 saturated carbocycles. The van der Waals surface area contributed by atoms with Crippen LogP contribution >= 0.6 is 0 Å². The maximum Gasteiger partial charge on any atom is 0.416 e. The average Bonchev–Trinajstić information content (AvgIpc) is 3.26. The van der Waals surface area contributed by atoms with Gasteiger partial charge in [0.25, 0.3) is 5.91 Å². The highest BCUT2D eigenvalue weighted by atomic mass is 32.2. The third kappa shape index (κ3) is 4.67. The molecule has 0 spiro atoms. The number of piperidine rings is 1. The molecule has 11 heteroatoms. The minimum absolute atomic E-state index is 0.0652. The molecule has 1 N–H and O–H groups in total. The summed E-state index contributed by atoms with van der Waals surface area (Å²) >= 11 is 0. The second-order valence-electron chi connectivity index (χ2n) is 8.38. The molecule has 2 aromatic rings. The van der Waals surface area contributed by atoms with Crippen LogP contribution in [0.25, 0.3) is 0 Å². The van der Waals surface area contributed by atoms with Gasteiger partial charge in [-0.05, 0) is 74.3 Å². The Morgan fingerprint density at radius 1 is 1.00 bits per heavy atom. The van der Waals surface area contributed by atoms with Crippen LogP contribution in [0.2, 0.25) is 0 Å². The van der Waals surface area contributed by atoms with Gasteiger partial charge in [-0.25, -0.2) is 13.1 Å². The first-order valence-electron chi connectivity index (χ1n) is 10.9. The monoisotopic (exact) mass is 495 g/mol. The van der Waals surface area contributed by atoms with Crippen molar-refractivity contribution in [2.45, 2.75) is 30.3 Å². The van der Waals surface area contributed by atoms with Crippen molar-refractivity contribution in [1.29, 1.82) is 0 Å². The summed E-state index contributed by atoms with van der Waals surface area (Å²) in [6.45, 7) is 1.12. The van der Waals surface area contributed by atoms with E-state index in [0.717, 1.165) is 17.7 Å². The van der Waals surface area contributed by atoms with E-state index in [2.05, 4.69) is 4.72 Å². The number of hydrogen-bond donors (Lipinski definition) is 1. The molecule has 0 radical (unpaired) electrons. The number of carbonyl (C=O) groups excluding carboxylic acids is 2. The molecule has 4 rings (SSSR count). The number of fused-ring (bicyclic) bond motifs is 1. The maximum absolute atomic E-state index is 13.2. The van der Waals surface area contributed by atoms with Crippen LogP contribution in [0, 0.1) is 5.92 Å². The molecule has 0 bridgehead atoms. The fraction of sp³-hybridized carbons (Fsp3) is 0.391. The van der Waals surface area contributed by atoms with Gasteiger partial charge in [0.15, 0.2) is 0 Å².